The zero-order chi connectivity index (χ0) is 19.4. The summed E-state index contributed by atoms with van der Waals surface area (Å²) in [5.74, 6) is -1.09. The molecule has 2 saturated heterocycles. The molecule has 2 heterocycles. The van der Waals surface area contributed by atoms with Crippen molar-refractivity contribution in [2.24, 2.45) is 5.92 Å². The van der Waals surface area contributed by atoms with E-state index < -0.39 is 17.3 Å². The van der Waals surface area contributed by atoms with Crippen LogP contribution in [-0.2, 0) is 19.7 Å². The van der Waals surface area contributed by atoms with Gasteiger partial charge in [-0.25, -0.2) is 0 Å². The Balaban J connectivity index is 0.000000637. The molecule has 2 aliphatic heterocycles. The summed E-state index contributed by atoms with van der Waals surface area (Å²) in [5.41, 5.74) is -0.436. The molecule has 1 aromatic carbocycles. The molecule has 1 saturated carbocycles. The summed E-state index contributed by atoms with van der Waals surface area (Å²) in [7, 11) is 2.72. The average Bonchev–Trinajstić information content (AvgIpc) is 3.55. The summed E-state index contributed by atoms with van der Waals surface area (Å²) in [6.45, 7) is 0.561. The number of benzene rings is 1. The molecule has 2 unspecified atom stereocenters. The minimum absolute atomic E-state index is 0.133. The number of hydrogen-bond donors (Lipinski definition) is 1. The van der Waals surface area contributed by atoms with Crippen LogP contribution in [0.3, 0.4) is 0 Å². The SMILES string of the molecule is C1CC1.CN1C(=O)C2CCOCC2(c2cc(Br)ccc2F)NC1=BOC#N. The van der Waals surface area contributed by atoms with Crippen LogP contribution in [0.2, 0.25) is 0 Å². The first-order valence-corrected chi connectivity index (χ1v) is 9.63. The third-order valence-corrected chi connectivity index (χ3v) is 5.30. The van der Waals surface area contributed by atoms with Gasteiger partial charge in [-0.3, -0.25) is 0 Å². The summed E-state index contributed by atoms with van der Waals surface area (Å²) in [4.78, 5) is 14.2. The van der Waals surface area contributed by atoms with Crippen molar-refractivity contribution in [1.29, 1.82) is 5.26 Å². The van der Waals surface area contributed by atoms with Gasteiger partial charge in [0.05, 0.1) is 0 Å². The van der Waals surface area contributed by atoms with Gasteiger partial charge in [-0.1, -0.05) is 19.3 Å². The van der Waals surface area contributed by atoms with Crippen LogP contribution in [0.25, 0.3) is 0 Å². The van der Waals surface area contributed by atoms with E-state index in [1.807, 2.05) is 0 Å². The molecule has 1 aromatic rings. The molecular weight excluding hydrogens is 416 g/mol. The second-order valence-corrected chi connectivity index (χ2v) is 7.70. The van der Waals surface area contributed by atoms with Gasteiger partial charge >= 0.3 is 147 Å². The van der Waals surface area contributed by atoms with Gasteiger partial charge < -0.3 is 0 Å². The van der Waals surface area contributed by atoms with Gasteiger partial charge in [0, 0.05) is 0 Å². The van der Waals surface area contributed by atoms with Crippen LogP contribution in [0.4, 0.5) is 4.39 Å². The topological polar surface area (TPSA) is 74.6 Å². The Kier molecular flexibility index (Phi) is 6.17. The molecule has 2 atom stereocenters. The van der Waals surface area contributed by atoms with E-state index in [9.17, 15) is 9.18 Å². The van der Waals surface area contributed by atoms with E-state index >= 15 is 0 Å². The summed E-state index contributed by atoms with van der Waals surface area (Å²) >= 11 is 3.35. The van der Waals surface area contributed by atoms with Crippen molar-refractivity contribution in [3.05, 3.63) is 34.1 Å². The number of hydrogen-bond acceptors (Lipinski definition) is 5. The first kappa shape index (κ1) is 19.8. The molecule has 9 heteroatoms. The Morgan fingerprint density at radius 3 is 2.89 bits per heavy atom. The van der Waals surface area contributed by atoms with Crippen molar-refractivity contribution in [3.63, 3.8) is 0 Å². The fraction of sp³-hybridized carbons (Fsp3) is 0.500. The number of nitrogens with one attached hydrogen (secondary N) is 1. The zero-order valence-electron chi connectivity index (χ0n) is 15.0. The summed E-state index contributed by atoms with van der Waals surface area (Å²) in [6, 6.07) is 4.59. The summed E-state index contributed by atoms with van der Waals surface area (Å²) < 4.78 is 25.5. The quantitative estimate of drug-likeness (QED) is 0.569. The monoisotopic (exact) mass is 435 g/mol. The van der Waals surface area contributed by atoms with Crippen LogP contribution >= 0.6 is 15.9 Å². The number of ether oxygens (including phenoxy) is 1. The number of carbonyl (C=O) groups is 1. The number of amides is 1. The molecule has 3 aliphatic rings. The molecule has 0 bridgehead atoms. The molecule has 0 spiro atoms. The summed E-state index contributed by atoms with van der Waals surface area (Å²) in [5, 5.41) is 11.8. The van der Waals surface area contributed by atoms with Crippen LogP contribution in [-0.4, -0.2) is 43.9 Å². The Morgan fingerprint density at radius 1 is 1.48 bits per heavy atom. The van der Waals surface area contributed by atoms with E-state index in [0.717, 1.165) is 7.12 Å². The Morgan fingerprint density at radius 2 is 2.22 bits per heavy atom. The van der Waals surface area contributed by atoms with Gasteiger partial charge in [-0.05, 0) is 0 Å². The van der Waals surface area contributed by atoms with Crippen LogP contribution in [0.1, 0.15) is 31.2 Å². The standard InChI is InChI=1S/C15H14BBrFN3O3.C3H6/c1-21-13(22)10-4-5-23-7-15(10,20-14(21)16-24-8-19)11-6-9(17)2-3-12(11)18;1-2-3-1/h2-3,6,10,20H,4-5,7H2,1H3;1-3H2. The predicted octanol–water partition coefficient (Wildman–Crippen LogP) is 2.26. The number of rotatable bonds is 2. The summed E-state index contributed by atoms with van der Waals surface area (Å²) in [6.07, 6.45) is 6.49. The molecule has 27 heavy (non-hydrogen) atoms. The van der Waals surface area contributed by atoms with Gasteiger partial charge in [0.2, 0.25) is 0 Å². The molecule has 0 aromatic heterocycles. The first-order valence-electron chi connectivity index (χ1n) is 8.83. The van der Waals surface area contributed by atoms with Crippen molar-refractivity contribution in [1.82, 2.24) is 10.2 Å². The number of fused-ring (bicyclic) bond motifs is 1. The maximum atomic E-state index is 14.6. The maximum absolute atomic E-state index is 14.6. The van der Waals surface area contributed by atoms with E-state index in [4.69, 9.17) is 10.00 Å². The Hall–Kier alpha value is -1.92. The third-order valence-electron chi connectivity index (χ3n) is 4.80. The van der Waals surface area contributed by atoms with Gasteiger partial charge in [-0.15, -0.1) is 0 Å². The third kappa shape index (κ3) is 4.17. The molecule has 1 N–H and O–H groups in total. The van der Waals surface area contributed by atoms with Crippen molar-refractivity contribution in [2.45, 2.75) is 31.2 Å². The molecule has 6 nitrogen and oxygen atoms in total. The molecule has 4 rings (SSSR count). The van der Waals surface area contributed by atoms with Gasteiger partial charge in [0.1, 0.15) is 0 Å². The van der Waals surface area contributed by atoms with Crippen molar-refractivity contribution < 1.29 is 18.6 Å². The van der Waals surface area contributed by atoms with Crippen LogP contribution in [0.15, 0.2) is 22.7 Å². The minimum atomic E-state index is -1.06. The van der Waals surface area contributed by atoms with Gasteiger partial charge in [0.15, 0.2) is 0 Å². The van der Waals surface area contributed by atoms with Crippen molar-refractivity contribution >= 4 is 34.7 Å². The Labute approximate surface area is 166 Å². The Bertz CT molecular complexity index is 796. The molecule has 0 radical (unpaired) electrons. The average molecular weight is 436 g/mol. The molecule has 3 fully saturated rings. The van der Waals surface area contributed by atoms with Crippen LogP contribution in [0.5, 0.6) is 0 Å². The zero-order valence-corrected chi connectivity index (χ0v) is 16.6. The molecule has 1 amide bonds. The fourth-order valence-corrected chi connectivity index (χ4v) is 3.63. The number of halogens is 2. The van der Waals surface area contributed by atoms with E-state index in [-0.39, 0.29) is 18.2 Å². The number of carbonyl (C=O) groups excluding carboxylic acids is 1. The van der Waals surface area contributed by atoms with Crippen LogP contribution < -0.4 is 5.32 Å². The molecular formula is C18H20BBrFN3O3. The molecule has 1 aliphatic carbocycles. The fourth-order valence-electron chi connectivity index (χ4n) is 3.27. The van der Waals surface area contributed by atoms with Gasteiger partial charge in [-0.2, -0.15) is 0 Å². The first-order chi connectivity index (χ1) is 13.0. The predicted molar refractivity (Wildman–Crippen MR) is 102 cm³/mol. The molecule has 142 valence electrons. The van der Waals surface area contributed by atoms with Crippen LogP contribution in [0, 0.1) is 23.3 Å². The van der Waals surface area contributed by atoms with E-state index in [0.29, 0.717) is 23.1 Å². The second-order valence-electron chi connectivity index (χ2n) is 6.78. The van der Waals surface area contributed by atoms with E-state index in [2.05, 4.69) is 25.9 Å². The van der Waals surface area contributed by atoms with E-state index in [1.165, 1.54) is 36.5 Å². The number of nitriles is 1. The normalized spacial score (nSPS) is 27.3. The number of nitrogens with zero attached hydrogens (tertiary/aromatic N) is 2. The second kappa shape index (κ2) is 8.40. The van der Waals surface area contributed by atoms with Crippen molar-refractivity contribution in [2.75, 3.05) is 20.3 Å². The van der Waals surface area contributed by atoms with E-state index in [1.54, 1.807) is 19.2 Å². The van der Waals surface area contributed by atoms with Crippen molar-refractivity contribution in [3.8, 4) is 6.26 Å². The van der Waals surface area contributed by atoms with Gasteiger partial charge in [0.25, 0.3) is 0 Å².